The van der Waals surface area contributed by atoms with E-state index in [4.69, 9.17) is 4.74 Å². The molecule has 0 radical (unpaired) electrons. The van der Waals surface area contributed by atoms with E-state index >= 15 is 0 Å². The molecule has 0 aromatic heterocycles. The number of fused-ring (bicyclic) bond motifs is 1. The van der Waals surface area contributed by atoms with Gasteiger partial charge in [0.15, 0.2) is 0 Å². The van der Waals surface area contributed by atoms with Gasteiger partial charge in [0.2, 0.25) is 15.9 Å². The van der Waals surface area contributed by atoms with Crippen molar-refractivity contribution in [3.63, 3.8) is 0 Å². The number of amides is 1. The molecule has 0 spiro atoms. The third kappa shape index (κ3) is 5.43. The number of anilines is 1. The van der Waals surface area contributed by atoms with Gasteiger partial charge in [-0.3, -0.25) is 14.0 Å². The number of nitrogens with one attached hydrogen (secondary N) is 1. The lowest BCUT2D eigenvalue weighted by Crippen LogP contribution is -2.42. The van der Waals surface area contributed by atoms with Crippen LogP contribution in [0.15, 0.2) is 42.5 Å². The Morgan fingerprint density at radius 2 is 1.86 bits per heavy atom. The second-order valence-corrected chi connectivity index (χ2v) is 8.83. The molecule has 7 nitrogen and oxygen atoms in total. The second kappa shape index (κ2) is 9.36. The Labute approximate surface area is 166 Å². The van der Waals surface area contributed by atoms with Crippen molar-refractivity contribution >= 4 is 32.4 Å². The van der Waals surface area contributed by atoms with Gasteiger partial charge in [-0.2, -0.15) is 0 Å². The standard InChI is InChI=1S/C20H27N3O4S/c1-28(25,26)23(19-9-4-7-17-6-2-3-8-18(17)19)16-20(24)21-10-5-11-22-12-14-27-15-13-22/h2-4,6-9H,5,10-16H2,1H3,(H,21,24). The molecule has 1 heterocycles. The maximum Gasteiger partial charge on any atom is 0.240 e. The van der Waals surface area contributed by atoms with Gasteiger partial charge in [-0.25, -0.2) is 8.42 Å². The molecule has 1 fully saturated rings. The monoisotopic (exact) mass is 405 g/mol. The summed E-state index contributed by atoms with van der Waals surface area (Å²) in [4.78, 5) is 14.7. The molecule has 28 heavy (non-hydrogen) atoms. The lowest BCUT2D eigenvalue weighted by Gasteiger charge is -2.26. The SMILES string of the molecule is CS(=O)(=O)N(CC(=O)NCCCN1CCOCC1)c1cccc2ccccc12. The van der Waals surface area contributed by atoms with Gasteiger partial charge < -0.3 is 10.1 Å². The van der Waals surface area contributed by atoms with Crippen molar-refractivity contribution in [3.8, 4) is 0 Å². The lowest BCUT2D eigenvalue weighted by molar-refractivity contribution is -0.119. The predicted octanol–water partition coefficient (Wildman–Crippen LogP) is 1.44. The average Bonchev–Trinajstić information content (AvgIpc) is 2.69. The van der Waals surface area contributed by atoms with E-state index in [2.05, 4.69) is 10.2 Å². The van der Waals surface area contributed by atoms with Gasteiger partial charge in [-0.05, 0) is 24.4 Å². The lowest BCUT2D eigenvalue weighted by atomic mass is 10.1. The first-order valence-electron chi connectivity index (χ1n) is 9.47. The molecule has 1 amide bonds. The quantitative estimate of drug-likeness (QED) is 0.673. The van der Waals surface area contributed by atoms with E-state index in [1.165, 1.54) is 4.31 Å². The smallest absolute Gasteiger partial charge is 0.240 e. The van der Waals surface area contributed by atoms with Crippen LogP contribution < -0.4 is 9.62 Å². The summed E-state index contributed by atoms with van der Waals surface area (Å²) in [6, 6.07) is 13.0. The summed E-state index contributed by atoms with van der Waals surface area (Å²) in [5, 5.41) is 4.57. The van der Waals surface area contributed by atoms with Gasteiger partial charge in [-0.1, -0.05) is 36.4 Å². The Hall–Kier alpha value is -2.16. The number of morpholine rings is 1. The number of benzene rings is 2. The third-order valence-corrected chi connectivity index (χ3v) is 5.93. The molecular formula is C20H27N3O4S. The minimum atomic E-state index is -3.60. The van der Waals surface area contributed by atoms with Crippen LogP contribution in [0.4, 0.5) is 5.69 Å². The van der Waals surface area contributed by atoms with Crippen LogP contribution in [0.5, 0.6) is 0 Å². The Morgan fingerprint density at radius 1 is 1.14 bits per heavy atom. The molecule has 0 atom stereocenters. The van der Waals surface area contributed by atoms with Crippen molar-refractivity contribution in [1.29, 1.82) is 0 Å². The second-order valence-electron chi connectivity index (χ2n) is 6.93. The number of hydrogen-bond acceptors (Lipinski definition) is 5. The molecule has 3 rings (SSSR count). The Kier molecular flexibility index (Phi) is 6.88. The largest absolute Gasteiger partial charge is 0.379 e. The van der Waals surface area contributed by atoms with Gasteiger partial charge in [0.05, 0.1) is 25.2 Å². The van der Waals surface area contributed by atoms with Crippen molar-refractivity contribution in [1.82, 2.24) is 10.2 Å². The highest BCUT2D eigenvalue weighted by Gasteiger charge is 2.22. The van der Waals surface area contributed by atoms with Crippen LogP contribution in [-0.4, -0.2) is 71.4 Å². The summed E-state index contributed by atoms with van der Waals surface area (Å²) >= 11 is 0. The van der Waals surface area contributed by atoms with Crippen LogP contribution in [0, 0.1) is 0 Å². The molecule has 152 valence electrons. The zero-order valence-corrected chi connectivity index (χ0v) is 17.0. The maximum atomic E-state index is 12.4. The Morgan fingerprint density at radius 3 is 2.61 bits per heavy atom. The van der Waals surface area contributed by atoms with Crippen molar-refractivity contribution in [2.75, 3.05) is 56.5 Å². The minimum Gasteiger partial charge on any atom is -0.379 e. The summed E-state index contributed by atoms with van der Waals surface area (Å²) < 4.78 is 31.2. The summed E-state index contributed by atoms with van der Waals surface area (Å²) in [5.41, 5.74) is 0.518. The van der Waals surface area contributed by atoms with Crippen molar-refractivity contribution < 1.29 is 17.9 Å². The van der Waals surface area contributed by atoms with Gasteiger partial charge in [0.25, 0.3) is 0 Å². The number of carbonyl (C=O) groups excluding carboxylic acids is 1. The van der Waals surface area contributed by atoms with E-state index in [0.29, 0.717) is 12.2 Å². The zero-order chi connectivity index (χ0) is 20.0. The first-order valence-corrected chi connectivity index (χ1v) is 11.3. The molecule has 0 bridgehead atoms. The first kappa shape index (κ1) is 20.6. The molecular weight excluding hydrogens is 378 g/mol. The zero-order valence-electron chi connectivity index (χ0n) is 16.1. The van der Waals surface area contributed by atoms with Crippen LogP contribution >= 0.6 is 0 Å². The van der Waals surface area contributed by atoms with E-state index in [1.54, 1.807) is 12.1 Å². The molecule has 1 aliphatic rings. The third-order valence-electron chi connectivity index (χ3n) is 4.80. The fourth-order valence-electron chi connectivity index (χ4n) is 3.35. The normalized spacial score (nSPS) is 15.5. The van der Waals surface area contributed by atoms with Crippen LogP contribution in [-0.2, 0) is 19.6 Å². The number of carbonyl (C=O) groups is 1. The van der Waals surface area contributed by atoms with E-state index in [9.17, 15) is 13.2 Å². The molecule has 2 aromatic carbocycles. The predicted molar refractivity (Wildman–Crippen MR) is 111 cm³/mol. The molecule has 2 aromatic rings. The Balaban J connectivity index is 1.62. The molecule has 0 unspecified atom stereocenters. The van der Waals surface area contributed by atoms with Crippen LogP contribution in [0.2, 0.25) is 0 Å². The number of nitrogens with zero attached hydrogens (tertiary/aromatic N) is 2. The molecule has 0 aliphatic carbocycles. The fourth-order valence-corrected chi connectivity index (χ4v) is 4.22. The summed E-state index contributed by atoms with van der Waals surface area (Å²) in [6.45, 7) is 4.51. The molecule has 1 aliphatic heterocycles. The number of hydrogen-bond donors (Lipinski definition) is 1. The number of ether oxygens (including phenoxy) is 1. The van der Waals surface area contributed by atoms with E-state index in [0.717, 1.165) is 56.3 Å². The maximum absolute atomic E-state index is 12.4. The molecule has 1 saturated heterocycles. The van der Waals surface area contributed by atoms with Crippen molar-refractivity contribution in [2.24, 2.45) is 0 Å². The minimum absolute atomic E-state index is 0.232. The van der Waals surface area contributed by atoms with Gasteiger partial charge in [-0.15, -0.1) is 0 Å². The Bertz CT molecular complexity index is 905. The average molecular weight is 406 g/mol. The highest BCUT2D eigenvalue weighted by atomic mass is 32.2. The topological polar surface area (TPSA) is 79.0 Å². The highest BCUT2D eigenvalue weighted by Crippen LogP contribution is 2.28. The first-order chi connectivity index (χ1) is 13.4. The van der Waals surface area contributed by atoms with Gasteiger partial charge in [0, 0.05) is 25.0 Å². The van der Waals surface area contributed by atoms with Crippen LogP contribution in [0.25, 0.3) is 10.8 Å². The molecule has 1 N–H and O–H groups in total. The molecule has 0 saturated carbocycles. The summed E-state index contributed by atoms with van der Waals surface area (Å²) in [5.74, 6) is -0.305. The van der Waals surface area contributed by atoms with E-state index < -0.39 is 10.0 Å². The number of sulfonamides is 1. The van der Waals surface area contributed by atoms with Crippen LogP contribution in [0.3, 0.4) is 0 Å². The highest BCUT2D eigenvalue weighted by molar-refractivity contribution is 7.92. The number of rotatable bonds is 8. The van der Waals surface area contributed by atoms with Crippen molar-refractivity contribution in [2.45, 2.75) is 6.42 Å². The fraction of sp³-hybridized carbons (Fsp3) is 0.450. The van der Waals surface area contributed by atoms with Crippen molar-refractivity contribution in [3.05, 3.63) is 42.5 Å². The van der Waals surface area contributed by atoms with Crippen LogP contribution in [0.1, 0.15) is 6.42 Å². The summed E-state index contributed by atoms with van der Waals surface area (Å²) in [6.07, 6.45) is 1.94. The van der Waals surface area contributed by atoms with Gasteiger partial charge >= 0.3 is 0 Å². The summed E-state index contributed by atoms with van der Waals surface area (Å²) in [7, 11) is -3.60. The van der Waals surface area contributed by atoms with E-state index in [-0.39, 0.29) is 12.5 Å². The molecule has 8 heteroatoms. The van der Waals surface area contributed by atoms with Gasteiger partial charge in [0.1, 0.15) is 6.54 Å². The van der Waals surface area contributed by atoms with E-state index in [1.807, 2.05) is 30.3 Å².